The summed E-state index contributed by atoms with van der Waals surface area (Å²) < 4.78 is 0. The maximum absolute atomic E-state index is 13.7. The van der Waals surface area contributed by atoms with Crippen LogP contribution in [0, 0.1) is 11.8 Å². The largest absolute Gasteiger partial charge is 0.322 e. The number of hydrogen-bond acceptors (Lipinski definition) is 4. The number of amides is 2. The monoisotopic (exact) mass is 483 g/mol. The molecule has 1 heterocycles. The van der Waals surface area contributed by atoms with Crippen LogP contribution in [0.15, 0.2) is 52.5 Å². The number of nitrogens with one attached hydrogen (secondary N) is 1. The van der Waals surface area contributed by atoms with E-state index in [1.807, 2.05) is 30.8 Å². The van der Waals surface area contributed by atoms with Gasteiger partial charge in [-0.3, -0.25) is 0 Å². The highest BCUT2D eigenvalue weighted by atomic mass is 32.2. The molecule has 1 aromatic heterocycles. The van der Waals surface area contributed by atoms with E-state index in [2.05, 4.69) is 39.5 Å². The Morgan fingerprint density at radius 2 is 1.64 bits per heavy atom. The van der Waals surface area contributed by atoms with Crippen molar-refractivity contribution < 1.29 is 4.79 Å². The molecular weight excluding hydrogens is 446 g/mol. The van der Waals surface area contributed by atoms with Gasteiger partial charge >= 0.3 is 6.03 Å². The molecule has 0 bridgehead atoms. The molecule has 2 aliphatic carbocycles. The van der Waals surface area contributed by atoms with Crippen molar-refractivity contribution >= 4 is 35.2 Å². The molecule has 0 radical (unpaired) electrons. The Morgan fingerprint density at radius 3 is 2.30 bits per heavy atom. The van der Waals surface area contributed by atoms with Gasteiger partial charge in [0.2, 0.25) is 0 Å². The van der Waals surface area contributed by atoms with E-state index in [1.165, 1.54) is 50.5 Å². The summed E-state index contributed by atoms with van der Waals surface area (Å²) in [6, 6.07) is 12.7. The first-order valence-corrected chi connectivity index (χ1v) is 14.8. The lowest BCUT2D eigenvalue weighted by molar-refractivity contribution is 0.120. The molecular formula is C27H37N3OS2. The van der Waals surface area contributed by atoms with Crippen molar-refractivity contribution in [3.8, 4) is 0 Å². The van der Waals surface area contributed by atoms with Gasteiger partial charge in [0.15, 0.2) is 0 Å². The fourth-order valence-electron chi connectivity index (χ4n) is 5.68. The first-order valence-electron chi connectivity index (χ1n) is 12.4. The molecule has 2 aromatic rings. The molecule has 178 valence electrons. The molecule has 2 aliphatic rings. The summed E-state index contributed by atoms with van der Waals surface area (Å²) in [5, 5.41) is 4.13. The van der Waals surface area contributed by atoms with Gasteiger partial charge in [-0.2, -0.15) is 0 Å². The second-order valence-electron chi connectivity index (χ2n) is 9.41. The topological polar surface area (TPSA) is 45.2 Å². The van der Waals surface area contributed by atoms with E-state index in [9.17, 15) is 4.79 Å². The van der Waals surface area contributed by atoms with Gasteiger partial charge in [0.05, 0.1) is 5.69 Å². The fraction of sp³-hybridized carbons (Fsp3) is 0.556. The van der Waals surface area contributed by atoms with E-state index >= 15 is 0 Å². The number of carbonyl (C=O) groups is 1. The van der Waals surface area contributed by atoms with Gasteiger partial charge in [-0.05, 0) is 61.7 Å². The van der Waals surface area contributed by atoms with E-state index in [-0.39, 0.29) is 12.1 Å². The number of hydrogen-bond donors (Lipinski definition) is 1. The van der Waals surface area contributed by atoms with Crippen LogP contribution in [0.1, 0.15) is 63.4 Å². The van der Waals surface area contributed by atoms with Crippen molar-refractivity contribution in [1.29, 1.82) is 0 Å². The molecule has 0 saturated heterocycles. The number of carbonyl (C=O) groups excluding carboxylic acids is 1. The third kappa shape index (κ3) is 6.27. The van der Waals surface area contributed by atoms with E-state index < -0.39 is 0 Å². The number of urea groups is 1. The average Bonchev–Trinajstić information content (AvgIpc) is 2.88. The highest BCUT2D eigenvalue weighted by molar-refractivity contribution is 7.99. The zero-order chi connectivity index (χ0) is 23.0. The van der Waals surface area contributed by atoms with Crippen LogP contribution in [0.4, 0.5) is 10.5 Å². The summed E-state index contributed by atoms with van der Waals surface area (Å²) in [6.07, 6.45) is 17.7. The lowest BCUT2D eigenvalue weighted by atomic mass is 9.72. The molecule has 0 unspecified atom stereocenters. The Kier molecular flexibility index (Phi) is 9.02. The molecule has 2 fully saturated rings. The maximum Gasteiger partial charge on any atom is 0.322 e. The summed E-state index contributed by atoms with van der Waals surface area (Å²) in [6.45, 7) is 0.648. The smallest absolute Gasteiger partial charge is 0.317 e. The Bertz CT molecular complexity index is 871. The minimum atomic E-state index is -0.00132. The van der Waals surface area contributed by atoms with Crippen molar-refractivity contribution in [3.05, 3.63) is 48.2 Å². The van der Waals surface area contributed by atoms with E-state index in [1.54, 1.807) is 23.5 Å². The van der Waals surface area contributed by atoms with Gasteiger partial charge in [0, 0.05) is 23.7 Å². The molecule has 33 heavy (non-hydrogen) atoms. The van der Waals surface area contributed by atoms with Crippen molar-refractivity contribution in [3.63, 3.8) is 0 Å². The van der Waals surface area contributed by atoms with Gasteiger partial charge in [-0.1, -0.05) is 62.4 Å². The molecule has 2 amide bonds. The van der Waals surface area contributed by atoms with Gasteiger partial charge in [0.25, 0.3) is 0 Å². The minimum Gasteiger partial charge on any atom is -0.317 e. The lowest BCUT2D eigenvalue weighted by Crippen LogP contribution is -2.44. The lowest BCUT2D eigenvalue weighted by Gasteiger charge is -2.40. The van der Waals surface area contributed by atoms with E-state index in [4.69, 9.17) is 0 Å². The first kappa shape index (κ1) is 24.5. The standard InChI is InChI=1S/C27H37N3OS2/c1-32-24-17-18-28-26(33-2)25(24)29-27(31)30(19-20-9-5-3-6-10-20)23-15-13-22(14-16-23)21-11-7-4-8-12-21/h3,5-6,9-10,17-18,21-23H,4,7-8,11-16,19H2,1-2H3,(H,29,31). The van der Waals surface area contributed by atoms with Gasteiger partial charge < -0.3 is 10.2 Å². The zero-order valence-corrected chi connectivity index (χ0v) is 21.6. The summed E-state index contributed by atoms with van der Waals surface area (Å²) in [4.78, 5) is 21.3. The third-order valence-electron chi connectivity index (χ3n) is 7.48. The van der Waals surface area contributed by atoms with Crippen molar-refractivity contribution in [1.82, 2.24) is 9.88 Å². The normalized spacial score (nSPS) is 21.5. The van der Waals surface area contributed by atoms with Crippen LogP contribution in [0.25, 0.3) is 0 Å². The molecule has 0 spiro atoms. The van der Waals surface area contributed by atoms with Crippen molar-refractivity contribution in [2.75, 3.05) is 17.8 Å². The molecule has 1 N–H and O–H groups in total. The number of rotatable bonds is 7. The Balaban J connectivity index is 1.50. The van der Waals surface area contributed by atoms with Crippen molar-refractivity contribution in [2.45, 2.75) is 80.3 Å². The maximum atomic E-state index is 13.7. The average molecular weight is 484 g/mol. The number of anilines is 1. The van der Waals surface area contributed by atoms with Crippen LogP contribution in [0.3, 0.4) is 0 Å². The molecule has 4 rings (SSSR count). The number of nitrogens with zero attached hydrogens (tertiary/aromatic N) is 2. The number of benzene rings is 1. The molecule has 0 atom stereocenters. The van der Waals surface area contributed by atoms with Crippen LogP contribution in [-0.4, -0.2) is 34.5 Å². The molecule has 1 aromatic carbocycles. The highest BCUT2D eigenvalue weighted by Gasteiger charge is 2.33. The van der Waals surface area contributed by atoms with Gasteiger partial charge in [-0.15, -0.1) is 23.5 Å². The second kappa shape index (κ2) is 12.2. The fourth-order valence-corrected chi connectivity index (χ4v) is 6.83. The Morgan fingerprint density at radius 1 is 0.939 bits per heavy atom. The summed E-state index contributed by atoms with van der Waals surface area (Å²) >= 11 is 3.22. The van der Waals surface area contributed by atoms with Crippen LogP contribution in [0.5, 0.6) is 0 Å². The predicted octanol–water partition coefficient (Wildman–Crippen LogP) is 7.70. The Hall–Kier alpha value is -1.66. The van der Waals surface area contributed by atoms with Crippen LogP contribution < -0.4 is 5.32 Å². The van der Waals surface area contributed by atoms with Crippen LogP contribution >= 0.6 is 23.5 Å². The second-order valence-corrected chi connectivity index (χ2v) is 11.1. The van der Waals surface area contributed by atoms with Gasteiger partial charge in [-0.25, -0.2) is 9.78 Å². The summed E-state index contributed by atoms with van der Waals surface area (Å²) in [5.41, 5.74) is 2.03. The number of thioether (sulfide) groups is 2. The SMILES string of the molecule is CSc1ccnc(SC)c1NC(=O)N(Cc1ccccc1)C1CCC(C2CCCCC2)CC1. The minimum absolute atomic E-state index is 0.00132. The van der Waals surface area contributed by atoms with Crippen LogP contribution in [-0.2, 0) is 6.54 Å². The third-order valence-corrected chi connectivity index (χ3v) is 8.95. The van der Waals surface area contributed by atoms with Crippen LogP contribution in [0.2, 0.25) is 0 Å². The zero-order valence-electron chi connectivity index (χ0n) is 20.0. The molecule has 2 saturated carbocycles. The molecule has 6 heteroatoms. The summed E-state index contributed by atoms with van der Waals surface area (Å²) in [7, 11) is 0. The van der Waals surface area contributed by atoms with E-state index in [0.29, 0.717) is 6.54 Å². The van der Waals surface area contributed by atoms with E-state index in [0.717, 1.165) is 40.3 Å². The highest BCUT2D eigenvalue weighted by Crippen LogP contribution is 2.40. The summed E-state index contributed by atoms with van der Waals surface area (Å²) in [5.74, 6) is 1.77. The quantitative estimate of drug-likeness (QED) is 0.410. The number of aromatic nitrogens is 1. The number of pyridine rings is 1. The first-order chi connectivity index (χ1) is 16.2. The molecule has 4 nitrogen and oxygen atoms in total. The van der Waals surface area contributed by atoms with Gasteiger partial charge in [0.1, 0.15) is 5.03 Å². The molecule has 0 aliphatic heterocycles. The predicted molar refractivity (Wildman–Crippen MR) is 141 cm³/mol. The van der Waals surface area contributed by atoms with Crippen molar-refractivity contribution in [2.24, 2.45) is 11.8 Å². The Labute approximate surface area is 207 Å².